The van der Waals surface area contributed by atoms with Gasteiger partial charge in [-0.25, -0.2) is 4.79 Å². The Bertz CT molecular complexity index is 1410. The third kappa shape index (κ3) is 6.82. The molecule has 222 valence electrons. The number of ether oxygens (including phenoxy) is 1. The molecule has 1 aromatic heterocycles. The summed E-state index contributed by atoms with van der Waals surface area (Å²) in [5.74, 6) is 0.219. The second-order valence-electron chi connectivity index (χ2n) is 12.7. The zero-order chi connectivity index (χ0) is 30.0. The van der Waals surface area contributed by atoms with E-state index < -0.39 is 11.1 Å². The van der Waals surface area contributed by atoms with Crippen molar-refractivity contribution in [2.24, 2.45) is 11.7 Å². The smallest absolute Gasteiger partial charge is 0.407 e. The number of pyridine rings is 1. The quantitative estimate of drug-likeness (QED) is 0.258. The van der Waals surface area contributed by atoms with Gasteiger partial charge in [0.15, 0.2) is 0 Å². The SMILES string of the molecule is CCOC(=O)NC1(C)CCC(CC(=O)Nc2cnc(-c3ccc(C4(N)CC(C)(O)C4)cc3)c(-c3ccccc3)c2)CC1. The first kappa shape index (κ1) is 29.7. The minimum atomic E-state index is -0.714. The van der Waals surface area contributed by atoms with Crippen molar-refractivity contribution in [1.82, 2.24) is 10.3 Å². The molecule has 2 saturated carbocycles. The summed E-state index contributed by atoms with van der Waals surface area (Å²) in [6.45, 7) is 6.00. The minimum absolute atomic E-state index is 0.0375. The highest BCUT2D eigenvalue weighted by Gasteiger charge is 2.49. The zero-order valence-corrected chi connectivity index (χ0v) is 24.8. The second-order valence-corrected chi connectivity index (χ2v) is 12.7. The third-order valence-corrected chi connectivity index (χ3v) is 8.74. The maximum Gasteiger partial charge on any atom is 0.407 e. The largest absolute Gasteiger partial charge is 0.450 e. The molecule has 2 aliphatic rings. The average molecular weight is 571 g/mol. The van der Waals surface area contributed by atoms with Gasteiger partial charge in [-0.15, -0.1) is 0 Å². The maximum absolute atomic E-state index is 13.1. The van der Waals surface area contributed by atoms with Crippen LogP contribution in [0.3, 0.4) is 0 Å². The highest BCUT2D eigenvalue weighted by atomic mass is 16.5. The summed E-state index contributed by atoms with van der Waals surface area (Å²) < 4.78 is 5.04. The Kier molecular flexibility index (Phi) is 8.39. The number of rotatable bonds is 8. The monoisotopic (exact) mass is 570 g/mol. The van der Waals surface area contributed by atoms with Crippen molar-refractivity contribution in [1.29, 1.82) is 0 Å². The summed E-state index contributed by atoms with van der Waals surface area (Å²) in [5.41, 5.74) is 10.4. The third-order valence-electron chi connectivity index (χ3n) is 8.74. The van der Waals surface area contributed by atoms with Crippen molar-refractivity contribution in [3.05, 3.63) is 72.4 Å². The normalized spacial score (nSPS) is 27.0. The van der Waals surface area contributed by atoms with Gasteiger partial charge in [0.1, 0.15) is 0 Å². The van der Waals surface area contributed by atoms with E-state index in [1.807, 2.05) is 74.5 Å². The van der Waals surface area contributed by atoms with Crippen molar-refractivity contribution in [2.45, 2.75) is 82.4 Å². The number of amides is 2. The predicted octanol–water partition coefficient (Wildman–Crippen LogP) is 6.14. The van der Waals surface area contributed by atoms with Crippen molar-refractivity contribution in [3.63, 3.8) is 0 Å². The summed E-state index contributed by atoms with van der Waals surface area (Å²) in [5, 5.41) is 16.3. The molecule has 0 unspecified atom stereocenters. The van der Waals surface area contributed by atoms with Gasteiger partial charge in [0.05, 0.1) is 29.8 Å². The number of aliphatic hydroxyl groups is 1. The van der Waals surface area contributed by atoms with Crippen LogP contribution in [-0.2, 0) is 15.1 Å². The molecule has 42 heavy (non-hydrogen) atoms. The molecule has 8 heteroatoms. The van der Waals surface area contributed by atoms with E-state index >= 15 is 0 Å². The lowest BCUT2D eigenvalue weighted by Crippen LogP contribution is -2.58. The number of alkyl carbamates (subject to hydrolysis) is 1. The first-order valence-electron chi connectivity index (χ1n) is 14.9. The van der Waals surface area contributed by atoms with Crippen LogP contribution in [0.15, 0.2) is 66.9 Å². The summed E-state index contributed by atoms with van der Waals surface area (Å²) in [4.78, 5) is 29.8. The molecule has 2 aliphatic carbocycles. The highest BCUT2D eigenvalue weighted by Crippen LogP contribution is 2.46. The minimum Gasteiger partial charge on any atom is -0.450 e. The maximum atomic E-state index is 13.1. The summed E-state index contributed by atoms with van der Waals surface area (Å²) in [7, 11) is 0. The van der Waals surface area contributed by atoms with Crippen LogP contribution < -0.4 is 16.4 Å². The van der Waals surface area contributed by atoms with Gasteiger partial charge in [0.2, 0.25) is 5.91 Å². The number of nitrogens with zero attached hydrogens (tertiary/aromatic N) is 1. The molecular weight excluding hydrogens is 528 g/mol. The summed E-state index contributed by atoms with van der Waals surface area (Å²) >= 11 is 0. The van der Waals surface area contributed by atoms with Crippen LogP contribution in [0.25, 0.3) is 22.4 Å². The molecule has 2 amide bonds. The first-order chi connectivity index (χ1) is 20.0. The number of nitrogens with one attached hydrogen (secondary N) is 2. The van der Waals surface area contributed by atoms with Crippen molar-refractivity contribution in [2.75, 3.05) is 11.9 Å². The molecule has 0 radical (unpaired) electrons. The van der Waals surface area contributed by atoms with Gasteiger partial charge >= 0.3 is 6.09 Å². The van der Waals surface area contributed by atoms with Crippen LogP contribution in [0, 0.1) is 5.92 Å². The Balaban J connectivity index is 1.27. The zero-order valence-electron chi connectivity index (χ0n) is 24.8. The fourth-order valence-electron chi connectivity index (χ4n) is 6.60. The molecular formula is C34H42N4O4. The summed E-state index contributed by atoms with van der Waals surface area (Å²) in [6, 6.07) is 20.1. The van der Waals surface area contributed by atoms with Crippen LogP contribution in [0.5, 0.6) is 0 Å². The lowest BCUT2D eigenvalue weighted by atomic mass is 9.63. The molecule has 2 fully saturated rings. The van der Waals surface area contributed by atoms with E-state index in [1.54, 1.807) is 13.1 Å². The highest BCUT2D eigenvalue weighted by molar-refractivity contribution is 5.93. The average Bonchev–Trinajstić information content (AvgIpc) is 2.94. The van der Waals surface area contributed by atoms with Crippen LogP contribution in [0.2, 0.25) is 0 Å². The number of aromatic nitrogens is 1. The van der Waals surface area contributed by atoms with Gasteiger partial charge in [-0.2, -0.15) is 0 Å². The lowest BCUT2D eigenvalue weighted by Gasteiger charge is -2.49. The number of anilines is 1. The number of hydrogen-bond donors (Lipinski definition) is 4. The fourth-order valence-corrected chi connectivity index (χ4v) is 6.60. The van der Waals surface area contributed by atoms with E-state index in [0.717, 1.165) is 53.6 Å². The Hall–Kier alpha value is -3.75. The van der Waals surface area contributed by atoms with Gasteiger partial charge < -0.3 is 26.2 Å². The Morgan fingerprint density at radius 1 is 1.02 bits per heavy atom. The second kappa shape index (κ2) is 11.9. The van der Waals surface area contributed by atoms with Gasteiger partial charge in [-0.05, 0) is 82.4 Å². The number of hydrogen-bond acceptors (Lipinski definition) is 6. The predicted molar refractivity (Wildman–Crippen MR) is 165 cm³/mol. The Morgan fingerprint density at radius 3 is 2.31 bits per heavy atom. The molecule has 3 aromatic rings. The molecule has 0 saturated heterocycles. The van der Waals surface area contributed by atoms with E-state index in [1.165, 1.54) is 0 Å². The van der Waals surface area contributed by atoms with Crippen molar-refractivity contribution >= 4 is 17.7 Å². The topological polar surface area (TPSA) is 127 Å². The van der Waals surface area contributed by atoms with Gasteiger partial charge in [0, 0.05) is 28.6 Å². The van der Waals surface area contributed by atoms with Crippen LogP contribution in [0.4, 0.5) is 10.5 Å². The van der Waals surface area contributed by atoms with E-state index in [2.05, 4.69) is 10.6 Å². The standard InChI is InChI=1S/C34H42N4O4/c1-4-42-31(40)38-32(2)16-14-23(15-17-32)18-29(39)37-27-19-28(24-8-6-5-7-9-24)30(36-20-27)25-10-12-26(13-11-25)34(35)21-33(3,41)22-34/h5-13,19-20,23,41H,4,14-18,21-22,35H2,1-3H3,(H,37,39)(H,38,40). The molecule has 0 bridgehead atoms. The van der Waals surface area contributed by atoms with E-state index in [0.29, 0.717) is 31.6 Å². The van der Waals surface area contributed by atoms with Crippen LogP contribution in [0.1, 0.15) is 71.3 Å². The van der Waals surface area contributed by atoms with E-state index in [-0.39, 0.29) is 23.5 Å². The fraction of sp³-hybridized carbons (Fsp3) is 0.441. The Labute approximate surface area is 248 Å². The van der Waals surface area contributed by atoms with Gasteiger partial charge in [-0.1, -0.05) is 54.6 Å². The van der Waals surface area contributed by atoms with Gasteiger partial charge in [-0.3, -0.25) is 9.78 Å². The van der Waals surface area contributed by atoms with Gasteiger partial charge in [0.25, 0.3) is 0 Å². The van der Waals surface area contributed by atoms with Crippen LogP contribution in [-0.4, -0.2) is 39.8 Å². The van der Waals surface area contributed by atoms with Crippen molar-refractivity contribution < 1.29 is 19.4 Å². The van der Waals surface area contributed by atoms with E-state index in [4.69, 9.17) is 15.5 Å². The molecule has 8 nitrogen and oxygen atoms in total. The molecule has 5 rings (SSSR count). The molecule has 2 aromatic carbocycles. The van der Waals surface area contributed by atoms with Crippen LogP contribution >= 0.6 is 0 Å². The number of carbonyl (C=O) groups is 2. The van der Waals surface area contributed by atoms with Crippen molar-refractivity contribution in [3.8, 4) is 22.4 Å². The Morgan fingerprint density at radius 2 is 1.69 bits per heavy atom. The molecule has 5 N–H and O–H groups in total. The molecule has 0 aliphatic heterocycles. The first-order valence-corrected chi connectivity index (χ1v) is 14.9. The molecule has 0 spiro atoms. The molecule has 0 atom stereocenters. The lowest BCUT2D eigenvalue weighted by molar-refractivity contribution is -0.117. The number of carbonyl (C=O) groups excluding carboxylic acids is 2. The van der Waals surface area contributed by atoms with E-state index in [9.17, 15) is 14.7 Å². The summed E-state index contributed by atoms with van der Waals surface area (Å²) in [6.07, 6.45) is 6.16. The number of nitrogens with two attached hydrogens (primary N) is 1. The number of benzene rings is 2. The molecule has 1 heterocycles.